The molecule has 21 heteroatoms. The van der Waals surface area contributed by atoms with Gasteiger partial charge in [-0.3, -0.25) is 44.2 Å². The predicted octanol–water partition coefficient (Wildman–Crippen LogP) is 12.1. The van der Waals surface area contributed by atoms with Crippen molar-refractivity contribution in [3.05, 3.63) is 183 Å². The number of aromatic nitrogens is 5. The molecule has 0 aliphatic carbocycles. The van der Waals surface area contributed by atoms with E-state index in [1.807, 2.05) is 97.1 Å². The molecule has 16 rings (SSSR count). The second kappa shape index (κ2) is 40.8. The Hall–Kier alpha value is -9.48. The van der Waals surface area contributed by atoms with Gasteiger partial charge in [0.15, 0.2) is 0 Å². The van der Waals surface area contributed by atoms with Crippen LogP contribution in [-0.4, -0.2) is 201 Å². The topological polar surface area (TPSA) is 267 Å². The lowest BCUT2D eigenvalue weighted by Gasteiger charge is -2.17. The number of anilines is 5. The highest BCUT2D eigenvalue weighted by molar-refractivity contribution is 5.96. The lowest BCUT2D eigenvalue weighted by atomic mass is 10.1. The number of pyridine rings is 5. The largest absolute Gasteiger partial charge is 0.481 e. The Labute approximate surface area is 601 Å². The maximum absolute atomic E-state index is 11.3. The van der Waals surface area contributed by atoms with E-state index in [4.69, 9.17) is 20.7 Å². The molecule has 5 unspecified atom stereocenters. The van der Waals surface area contributed by atoms with Crippen LogP contribution in [0.5, 0.6) is 0 Å². The fourth-order valence-electron chi connectivity index (χ4n) is 13.5. The van der Waals surface area contributed by atoms with Gasteiger partial charge in [0, 0.05) is 248 Å². The number of nitrogens with one attached hydrogen (secondary N) is 6. The van der Waals surface area contributed by atoms with Crippen molar-refractivity contribution < 1.29 is 24.6 Å². The minimum atomic E-state index is -0.833. The van der Waals surface area contributed by atoms with Crippen LogP contribution in [0.4, 0.5) is 28.4 Å². The van der Waals surface area contributed by atoms with E-state index in [1.165, 1.54) is 100 Å². The summed E-state index contributed by atoms with van der Waals surface area (Å²) in [6.07, 6.45) is 27.3. The van der Waals surface area contributed by atoms with Crippen LogP contribution in [-0.2, 0) is 14.4 Å². The zero-order valence-corrected chi connectivity index (χ0v) is 60.2. The number of aliphatic carboxylic acids is 1. The first-order chi connectivity index (χ1) is 49.7. The number of hydrogen-bond acceptors (Lipinski definition) is 19. The molecule has 540 valence electrons. The SMILES string of the molecule is CC(=O)N1CCC(Nc2cccc3cnccc23)C1.CC(=O)O.CCCN1CCC(=O)C1.CCCN1CCC(Nc2cccc3cnccc23)C1.CCN1CCC(Nc2cccc3cnccc23)C1.Nc1cccc2cnccc12.OC1CCNC1.c1cc(NC2CCNC2)c2ccncc2c1. The number of amides is 1. The van der Waals surface area contributed by atoms with E-state index in [0.717, 1.165) is 132 Å². The van der Waals surface area contributed by atoms with E-state index < -0.39 is 5.97 Å². The zero-order chi connectivity index (χ0) is 71.8. The lowest BCUT2D eigenvalue weighted by Crippen LogP contribution is -2.29. The third-order valence-corrected chi connectivity index (χ3v) is 18.8. The van der Waals surface area contributed by atoms with Crippen molar-refractivity contribution in [1.29, 1.82) is 0 Å². The van der Waals surface area contributed by atoms with Gasteiger partial charge in [0.25, 0.3) is 5.97 Å². The summed E-state index contributed by atoms with van der Waals surface area (Å²) in [5, 5.41) is 48.9. The first kappa shape index (κ1) is 76.7. The summed E-state index contributed by atoms with van der Waals surface area (Å²) in [4.78, 5) is 60.8. The van der Waals surface area contributed by atoms with Gasteiger partial charge in [0.1, 0.15) is 5.78 Å². The van der Waals surface area contributed by atoms with Crippen LogP contribution in [0.2, 0.25) is 0 Å². The first-order valence-electron chi connectivity index (χ1n) is 36.4. The fourth-order valence-corrected chi connectivity index (χ4v) is 13.5. The number of benzene rings is 5. The van der Waals surface area contributed by atoms with Crippen LogP contribution >= 0.6 is 0 Å². The van der Waals surface area contributed by atoms with E-state index in [-0.39, 0.29) is 12.0 Å². The van der Waals surface area contributed by atoms with Gasteiger partial charge in [-0.05, 0) is 138 Å². The molecule has 5 aromatic carbocycles. The van der Waals surface area contributed by atoms with Crippen LogP contribution in [0.15, 0.2) is 183 Å². The van der Waals surface area contributed by atoms with Gasteiger partial charge < -0.3 is 62.5 Å². The molecule has 0 radical (unpaired) electrons. The van der Waals surface area contributed by atoms with Gasteiger partial charge in [0.05, 0.1) is 12.6 Å². The number of β-amino-alcohol motifs (C(OH)–C–C–N with tert-alkyl or cyclic N) is 1. The number of hydrogen-bond donors (Lipinski definition) is 9. The average molecular weight is 1380 g/mol. The molecular weight excluding hydrogens is 1280 g/mol. The highest BCUT2D eigenvalue weighted by atomic mass is 16.4. The Kier molecular flexibility index (Phi) is 30.7. The van der Waals surface area contributed by atoms with Crippen LogP contribution < -0.4 is 37.6 Å². The van der Waals surface area contributed by atoms with E-state index in [9.17, 15) is 9.59 Å². The fraction of sp³-hybridized carbons (Fsp3) is 0.407. The van der Waals surface area contributed by atoms with Crippen molar-refractivity contribution in [2.75, 3.05) is 125 Å². The second-order valence-electron chi connectivity index (χ2n) is 26.7. The normalized spacial score (nSPS) is 19.2. The summed E-state index contributed by atoms with van der Waals surface area (Å²) in [5.74, 6) is -0.269. The number of likely N-dealkylation sites (tertiary alicyclic amines) is 4. The van der Waals surface area contributed by atoms with Gasteiger partial charge >= 0.3 is 0 Å². The number of carbonyl (C=O) groups is 3. The summed E-state index contributed by atoms with van der Waals surface area (Å²) in [7, 11) is 0. The molecule has 10 aromatic rings. The van der Waals surface area contributed by atoms with Gasteiger partial charge in [-0.2, -0.15) is 0 Å². The minimum absolute atomic E-state index is 0.0648. The Morgan fingerprint density at radius 1 is 0.480 bits per heavy atom. The van der Waals surface area contributed by atoms with Crippen LogP contribution in [0.1, 0.15) is 86.0 Å². The number of nitrogens with zero attached hydrogens (tertiary/aromatic N) is 9. The number of carboxylic acid groups (broad SMARTS) is 1. The van der Waals surface area contributed by atoms with Crippen LogP contribution in [0.25, 0.3) is 53.9 Å². The third kappa shape index (κ3) is 24.1. The number of ketones is 1. The van der Waals surface area contributed by atoms with Crippen molar-refractivity contribution in [2.45, 2.75) is 116 Å². The zero-order valence-electron chi connectivity index (χ0n) is 60.2. The highest BCUT2D eigenvalue weighted by Gasteiger charge is 2.26. The average Bonchev–Trinajstić information content (AvgIpc) is 1.24. The summed E-state index contributed by atoms with van der Waals surface area (Å²) in [6.45, 7) is 24.8. The summed E-state index contributed by atoms with van der Waals surface area (Å²) < 4.78 is 0. The number of likely N-dealkylation sites (N-methyl/N-ethyl adjacent to an activating group) is 1. The molecule has 6 aliphatic rings. The minimum Gasteiger partial charge on any atom is -0.481 e. The number of carboxylic acids is 1. The molecule has 6 aliphatic heterocycles. The van der Waals surface area contributed by atoms with Gasteiger partial charge in [-0.1, -0.05) is 81.4 Å². The number of rotatable bonds is 13. The van der Waals surface area contributed by atoms with E-state index in [2.05, 4.69) is 177 Å². The number of carbonyl (C=O) groups excluding carboxylic acids is 2. The molecule has 11 heterocycles. The maximum atomic E-state index is 11.3. The molecule has 5 atom stereocenters. The summed E-state index contributed by atoms with van der Waals surface area (Å²) in [5.41, 5.74) is 11.3. The van der Waals surface area contributed by atoms with Crippen LogP contribution in [0, 0.1) is 0 Å². The Balaban J connectivity index is 0.000000140. The molecule has 102 heavy (non-hydrogen) atoms. The third-order valence-electron chi connectivity index (χ3n) is 18.8. The number of aliphatic hydroxyl groups excluding tert-OH is 1. The molecule has 5 aromatic heterocycles. The summed E-state index contributed by atoms with van der Waals surface area (Å²) >= 11 is 0. The van der Waals surface area contributed by atoms with Crippen molar-refractivity contribution in [3.8, 4) is 0 Å². The molecule has 10 N–H and O–H groups in total. The van der Waals surface area contributed by atoms with Crippen molar-refractivity contribution in [2.24, 2.45) is 0 Å². The van der Waals surface area contributed by atoms with E-state index >= 15 is 0 Å². The summed E-state index contributed by atoms with van der Waals surface area (Å²) in [6, 6.07) is 43.3. The van der Waals surface area contributed by atoms with Crippen molar-refractivity contribution in [3.63, 3.8) is 0 Å². The number of nitrogens with two attached hydrogens (primary N) is 1. The number of Topliss-reactive ketones (excluding diaryl/α,β-unsaturated/α-hetero) is 1. The van der Waals surface area contributed by atoms with Gasteiger partial charge in [0.2, 0.25) is 5.91 Å². The van der Waals surface area contributed by atoms with Gasteiger partial charge in [-0.15, -0.1) is 0 Å². The molecular formula is C81H106N16O5. The highest BCUT2D eigenvalue weighted by Crippen LogP contribution is 2.29. The van der Waals surface area contributed by atoms with Gasteiger partial charge in [-0.25, -0.2) is 0 Å². The number of aliphatic hydroxyl groups is 1. The molecule has 1 amide bonds. The van der Waals surface area contributed by atoms with Crippen molar-refractivity contribution in [1.82, 2.24) is 55.2 Å². The Morgan fingerprint density at radius 3 is 1.24 bits per heavy atom. The molecule has 0 spiro atoms. The molecule has 0 saturated carbocycles. The second-order valence-corrected chi connectivity index (χ2v) is 26.7. The molecule has 21 nitrogen and oxygen atoms in total. The van der Waals surface area contributed by atoms with E-state index in [1.54, 1.807) is 13.1 Å². The molecule has 6 fully saturated rings. The predicted molar refractivity (Wildman–Crippen MR) is 418 cm³/mol. The standard InChI is InChI=1S/C16H21N3.C15H17N3O.C15H19N3.C13H15N3.C9H8N2.C7H13NO.C4H9NO.C2H4O2/c1-2-9-19-10-7-14(12-19)18-16-5-3-4-13-11-17-8-6-15(13)16;1-11(19)18-8-6-13(10-18)17-15-4-2-3-12-9-16-7-5-14(12)15;1-2-18-9-7-13(11-18)17-15-5-3-4-12-10-16-8-6-14(12)15;1-2-10-8-14-7-5-12(10)13(3-1)16-11-4-6-15-9-11;10-9-3-1-2-7-6-11-5-4-8(7)9;1-2-4-8-5-3-7(9)6-8;6-4-1-2-5-3-4;1-2(3)4/h3-6,8,11,14,18H,2,7,9-10,12H2,1H3;2-5,7,9,13,17H,6,8,10H2,1H3;3-6,8,10,13,17H,2,7,9,11H2,1H3;1-3,5,7-8,11,15-16H,4,6,9H2;1-6H,10H2;2-6H2,1H3;4-6H,1-3H2;1H3,(H,3,4). The Morgan fingerprint density at radius 2 is 0.873 bits per heavy atom. The monoisotopic (exact) mass is 1380 g/mol. The Bertz CT molecular complexity index is 4180. The number of nitrogen functional groups attached to an aromatic ring is 1. The molecule has 0 bridgehead atoms. The van der Waals surface area contributed by atoms with Crippen molar-refractivity contribution >= 4 is 100.0 Å². The molecule has 6 saturated heterocycles. The number of fused-ring (bicyclic) bond motifs is 5. The van der Waals surface area contributed by atoms with E-state index in [0.29, 0.717) is 36.5 Å². The quantitative estimate of drug-likeness (QED) is 0.0486. The maximum Gasteiger partial charge on any atom is 0.300 e. The first-order valence-corrected chi connectivity index (χ1v) is 36.4. The smallest absolute Gasteiger partial charge is 0.300 e. The lowest BCUT2D eigenvalue weighted by molar-refractivity contribution is -0.134. The van der Waals surface area contributed by atoms with Crippen LogP contribution in [0.3, 0.4) is 0 Å².